The van der Waals surface area contributed by atoms with E-state index in [1.807, 2.05) is 26.8 Å². The molecule has 0 radical (unpaired) electrons. The first-order chi connectivity index (χ1) is 8.91. The molecular formula is C14H16FN3O. The molecule has 1 aromatic heterocycles. The second-order valence-corrected chi connectivity index (χ2v) is 5.48. The minimum absolute atomic E-state index is 0.257. The molecule has 0 unspecified atom stereocenters. The maximum absolute atomic E-state index is 13.2. The van der Waals surface area contributed by atoms with Crippen molar-refractivity contribution >= 4 is 6.29 Å². The Kier molecular flexibility index (Phi) is 3.46. The molecule has 0 amide bonds. The number of hydrogen-bond donors (Lipinski definition) is 0. The van der Waals surface area contributed by atoms with Crippen molar-refractivity contribution in [2.45, 2.75) is 32.7 Å². The average molecular weight is 261 g/mol. The Bertz CT molecular complexity index is 599. The molecule has 0 aliphatic rings. The Hall–Kier alpha value is -2.04. The van der Waals surface area contributed by atoms with E-state index in [1.54, 1.807) is 10.7 Å². The first-order valence-electron chi connectivity index (χ1n) is 6.05. The van der Waals surface area contributed by atoms with Gasteiger partial charge in [-0.2, -0.15) is 0 Å². The zero-order valence-corrected chi connectivity index (χ0v) is 11.2. The number of aromatic nitrogens is 3. The van der Waals surface area contributed by atoms with E-state index in [4.69, 9.17) is 0 Å². The van der Waals surface area contributed by atoms with E-state index in [0.29, 0.717) is 18.5 Å². The summed E-state index contributed by atoms with van der Waals surface area (Å²) in [4.78, 5) is 11.0. The van der Waals surface area contributed by atoms with Crippen LogP contribution in [0.3, 0.4) is 0 Å². The highest BCUT2D eigenvalue weighted by Crippen LogP contribution is 2.24. The minimum atomic E-state index is -0.287. The van der Waals surface area contributed by atoms with Gasteiger partial charge in [0.05, 0.1) is 12.2 Å². The van der Waals surface area contributed by atoms with E-state index >= 15 is 0 Å². The third-order valence-electron chi connectivity index (χ3n) is 2.80. The number of nitrogens with zero attached hydrogens (tertiary/aromatic N) is 3. The Morgan fingerprint density at radius 2 is 2.11 bits per heavy atom. The second kappa shape index (κ2) is 4.91. The van der Waals surface area contributed by atoms with Crippen molar-refractivity contribution in [3.8, 4) is 0 Å². The van der Waals surface area contributed by atoms with Crippen molar-refractivity contribution in [1.82, 2.24) is 15.0 Å². The van der Waals surface area contributed by atoms with E-state index in [-0.39, 0.29) is 11.2 Å². The molecule has 1 aromatic carbocycles. The quantitative estimate of drug-likeness (QED) is 0.798. The summed E-state index contributed by atoms with van der Waals surface area (Å²) >= 11 is 0. The van der Waals surface area contributed by atoms with Gasteiger partial charge in [0.2, 0.25) is 0 Å². The van der Waals surface area contributed by atoms with E-state index in [9.17, 15) is 9.18 Å². The van der Waals surface area contributed by atoms with Gasteiger partial charge in [0.1, 0.15) is 11.5 Å². The molecule has 19 heavy (non-hydrogen) atoms. The summed E-state index contributed by atoms with van der Waals surface area (Å²) in [6.45, 7) is 6.35. The summed E-state index contributed by atoms with van der Waals surface area (Å²) in [5.74, 6) is -0.287. The van der Waals surface area contributed by atoms with E-state index in [2.05, 4.69) is 10.3 Å². The number of carbonyl (C=O) groups is 1. The zero-order valence-electron chi connectivity index (χ0n) is 11.2. The lowest BCUT2D eigenvalue weighted by Gasteiger charge is -2.20. The largest absolute Gasteiger partial charge is 0.296 e. The van der Waals surface area contributed by atoms with Crippen molar-refractivity contribution < 1.29 is 9.18 Å². The van der Waals surface area contributed by atoms with Crippen LogP contribution in [0.15, 0.2) is 24.3 Å². The normalized spacial score (nSPS) is 11.6. The number of rotatable bonds is 3. The third kappa shape index (κ3) is 2.86. The highest BCUT2D eigenvalue weighted by molar-refractivity contribution is 5.73. The summed E-state index contributed by atoms with van der Waals surface area (Å²) in [5.41, 5.74) is 1.62. The molecule has 0 atom stereocenters. The van der Waals surface area contributed by atoms with Crippen molar-refractivity contribution in [2.24, 2.45) is 0 Å². The van der Waals surface area contributed by atoms with Crippen LogP contribution >= 0.6 is 0 Å². The molecule has 5 heteroatoms. The van der Waals surface area contributed by atoms with Crippen LogP contribution in [0.25, 0.3) is 0 Å². The van der Waals surface area contributed by atoms with Crippen molar-refractivity contribution in [3.63, 3.8) is 0 Å². The van der Waals surface area contributed by atoms with Crippen LogP contribution in [-0.2, 0) is 12.0 Å². The molecule has 100 valence electrons. The van der Waals surface area contributed by atoms with Gasteiger partial charge in [-0.05, 0) is 17.7 Å². The molecule has 1 heterocycles. The molecule has 0 bridgehead atoms. The number of carbonyl (C=O) groups excluding carboxylic acids is 1. The van der Waals surface area contributed by atoms with Gasteiger partial charge >= 0.3 is 0 Å². The molecule has 4 nitrogen and oxygen atoms in total. The van der Waals surface area contributed by atoms with E-state index in [1.165, 1.54) is 12.1 Å². The SMILES string of the molecule is CC(C)(C)c1c(C=O)nnn1Cc1cccc(F)c1. The van der Waals surface area contributed by atoms with Gasteiger partial charge in [0.25, 0.3) is 0 Å². The highest BCUT2D eigenvalue weighted by Gasteiger charge is 2.25. The lowest BCUT2D eigenvalue weighted by Crippen LogP contribution is -2.20. The van der Waals surface area contributed by atoms with Gasteiger partial charge in [-0.1, -0.05) is 38.1 Å². The monoisotopic (exact) mass is 261 g/mol. The Labute approximate surface area is 111 Å². The maximum atomic E-state index is 13.2. The fourth-order valence-corrected chi connectivity index (χ4v) is 2.10. The molecule has 0 N–H and O–H groups in total. The predicted molar refractivity (Wildman–Crippen MR) is 69.6 cm³/mol. The van der Waals surface area contributed by atoms with Crippen LogP contribution in [0.2, 0.25) is 0 Å². The Morgan fingerprint density at radius 3 is 2.68 bits per heavy atom. The zero-order chi connectivity index (χ0) is 14.0. The van der Waals surface area contributed by atoms with Gasteiger partial charge in [-0.3, -0.25) is 4.79 Å². The smallest absolute Gasteiger partial charge is 0.172 e. The van der Waals surface area contributed by atoms with Crippen LogP contribution in [0.4, 0.5) is 4.39 Å². The molecule has 0 spiro atoms. The lowest BCUT2D eigenvalue weighted by molar-refractivity contribution is 0.111. The van der Waals surface area contributed by atoms with Gasteiger partial charge in [-0.15, -0.1) is 5.10 Å². The maximum Gasteiger partial charge on any atom is 0.172 e. The van der Waals surface area contributed by atoms with Crippen LogP contribution in [0.5, 0.6) is 0 Å². The number of aldehydes is 1. The Balaban J connectivity index is 2.41. The topological polar surface area (TPSA) is 47.8 Å². The first-order valence-corrected chi connectivity index (χ1v) is 6.05. The molecular weight excluding hydrogens is 245 g/mol. The molecule has 2 rings (SSSR count). The molecule has 0 aliphatic carbocycles. The number of hydrogen-bond acceptors (Lipinski definition) is 3. The molecule has 0 saturated heterocycles. The van der Waals surface area contributed by atoms with Crippen molar-refractivity contribution in [2.75, 3.05) is 0 Å². The molecule has 0 aliphatic heterocycles. The van der Waals surface area contributed by atoms with Crippen LogP contribution in [0.1, 0.15) is 42.5 Å². The van der Waals surface area contributed by atoms with Gasteiger partial charge in [0, 0.05) is 5.41 Å². The number of benzene rings is 1. The van der Waals surface area contributed by atoms with Gasteiger partial charge in [-0.25, -0.2) is 9.07 Å². The standard InChI is InChI=1S/C14H16FN3O/c1-14(2,3)13-12(9-19)16-17-18(13)8-10-5-4-6-11(15)7-10/h4-7,9H,8H2,1-3H3. The molecule has 2 aromatic rings. The summed E-state index contributed by atoms with van der Waals surface area (Å²) in [6, 6.07) is 6.32. The Morgan fingerprint density at radius 1 is 1.37 bits per heavy atom. The summed E-state index contributed by atoms with van der Waals surface area (Å²) in [6.07, 6.45) is 0.704. The highest BCUT2D eigenvalue weighted by atomic mass is 19.1. The van der Waals surface area contributed by atoms with Gasteiger partial charge in [0.15, 0.2) is 6.29 Å². The first kappa shape index (κ1) is 13.4. The fourth-order valence-electron chi connectivity index (χ4n) is 2.10. The summed E-state index contributed by atoms with van der Waals surface area (Å²) in [7, 11) is 0. The third-order valence-corrected chi connectivity index (χ3v) is 2.80. The van der Waals surface area contributed by atoms with Crippen molar-refractivity contribution in [3.05, 3.63) is 47.0 Å². The predicted octanol–water partition coefficient (Wildman–Crippen LogP) is 2.58. The van der Waals surface area contributed by atoms with E-state index < -0.39 is 0 Å². The molecule has 0 fully saturated rings. The summed E-state index contributed by atoms with van der Waals surface area (Å²) in [5, 5.41) is 7.86. The van der Waals surface area contributed by atoms with Gasteiger partial charge < -0.3 is 0 Å². The van der Waals surface area contributed by atoms with Crippen molar-refractivity contribution in [1.29, 1.82) is 0 Å². The number of halogens is 1. The lowest BCUT2D eigenvalue weighted by atomic mass is 9.90. The van der Waals surface area contributed by atoms with Crippen LogP contribution in [0, 0.1) is 5.82 Å². The van der Waals surface area contributed by atoms with Crippen LogP contribution in [-0.4, -0.2) is 21.3 Å². The summed E-state index contributed by atoms with van der Waals surface area (Å²) < 4.78 is 14.8. The minimum Gasteiger partial charge on any atom is -0.296 e. The molecule has 0 saturated carbocycles. The average Bonchev–Trinajstić information content (AvgIpc) is 2.71. The second-order valence-electron chi connectivity index (χ2n) is 5.48. The van der Waals surface area contributed by atoms with E-state index in [0.717, 1.165) is 11.3 Å². The van der Waals surface area contributed by atoms with Crippen LogP contribution < -0.4 is 0 Å². The fraction of sp³-hybridized carbons (Fsp3) is 0.357.